The van der Waals surface area contributed by atoms with Crippen LogP contribution in [0.5, 0.6) is 0 Å². The van der Waals surface area contributed by atoms with Crippen molar-refractivity contribution >= 4 is 5.91 Å². The molecule has 86 valence electrons. The molecule has 0 aliphatic rings. The average molecular weight is 210 g/mol. The summed E-state index contributed by atoms with van der Waals surface area (Å²) in [5.41, 5.74) is 0. The third-order valence-corrected chi connectivity index (χ3v) is 1.96. The lowest BCUT2D eigenvalue weighted by atomic mass is 10.2. The monoisotopic (exact) mass is 210 g/mol. The second kappa shape index (κ2) is 8.31. The molecule has 0 fully saturated rings. The van der Waals surface area contributed by atoms with Crippen LogP contribution in [0.3, 0.4) is 0 Å². The third kappa shape index (κ3) is 9.30. The Bertz CT molecular complexity index is 218. The van der Waals surface area contributed by atoms with E-state index in [4.69, 9.17) is 6.42 Å². The van der Waals surface area contributed by atoms with Crippen LogP contribution in [0.15, 0.2) is 0 Å². The molecule has 0 radical (unpaired) electrons. The van der Waals surface area contributed by atoms with Gasteiger partial charge in [-0.3, -0.25) is 4.79 Å². The highest BCUT2D eigenvalue weighted by atomic mass is 16.1. The average Bonchev–Trinajstić information content (AvgIpc) is 2.12. The van der Waals surface area contributed by atoms with E-state index in [0.717, 1.165) is 13.0 Å². The molecule has 0 spiro atoms. The molecule has 0 saturated heterocycles. The fourth-order valence-corrected chi connectivity index (χ4v) is 1.21. The number of amides is 1. The summed E-state index contributed by atoms with van der Waals surface area (Å²) in [5, 5.41) is 6.13. The van der Waals surface area contributed by atoms with E-state index < -0.39 is 0 Å². The van der Waals surface area contributed by atoms with Gasteiger partial charge in [-0.1, -0.05) is 13.8 Å². The summed E-state index contributed by atoms with van der Waals surface area (Å²) >= 11 is 0. The van der Waals surface area contributed by atoms with Gasteiger partial charge < -0.3 is 10.6 Å². The number of rotatable bonds is 7. The quantitative estimate of drug-likeness (QED) is 0.491. The van der Waals surface area contributed by atoms with Crippen LogP contribution in [0.2, 0.25) is 0 Å². The van der Waals surface area contributed by atoms with Gasteiger partial charge in [0.2, 0.25) is 5.91 Å². The molecular weight excluding hydrogens is 188 g/mol. The normalized spacial score (nSPS) is 12.2. The van der Waals surface area contributed by atoms with Gasteiger partial charge >= 0.3 is 0 Å². The number of carbonyl (C=O) groups is 1. The maximum atomic E-state index is 11.4. The van der Waals surface area contributed by atoms with Crippen LogP contribution in [-0.2, 0) is 4.79 Å². The summed E-state index contributed by atoms with van der Waals surface area (Å²) in [5.74, 6) is 2.61. The summed E-state index contributed by atoms with van der Waals surface area (Å²) < 4.78 is 0. The second-order valence-electron chi connectivity index (χ2n) is 4.09. The number of hydrogen-bond acceptors (Lipinski definition) is 2. The fraction of sp³-hybridized carbons (Fsp3) is 0.750. The van der Waals surface area contributed by atoms with Crippen molar-refractivity contribution < 1.29 is 4.79 Å². The maximum Gasteiger partial charge on any atom is 0.220 e. The minimum absolute atomic E-state index is 0.0838. The molecule has 0 aliphatic carbocycles. The van der Waals surface area contributed by atoms with E-state index in [9.17, 15) is 4.79 Å². The Labute approximate surface area is 93.0 Å². The van der Waals surface area contributed by atoms with Crippen molar-refractivity contribution in [2.75, 3.05) is 6.54 Å². The zero-order chi connectivity index (χ0) is 11.7. The molecule has 3 nitrogen and oxygen atoms in total. The molecule has 15 heavy (non-hydrogen) atoms. The Kier molecular flexibility index (Phi) is 7.75. The zero-order valence-corrected chi connectivity index (χ0v) is 9.97. The molecule has 0 saturated carbocycles. The molecule has 1 atom stereocenters. The van der Waals surface area contributed by atoms with Crippen molar-refractivity contribution in [3.05, 3.63) is 0 Å². The maximum absolute atomic E-state index is 11.4. The molecule has 0 aliphatic heterocycles. The largest absolute Gasteiger partial charge is 0.353 e. The lowest BCUT2D eigenvalue weighted by Gasteiger charge is -2.11. The predicted molar refractivity (Wildman–Crippen MR) is 63.4 cm³/mol. The molecule has 1 unspecified atom stereocenters. The predicted octanol–water partition coefficient (Wildman–Crippen LogP) is 1.29. The van der Waals surface area contributed by atoms with Gasteiger partial charge in [0, 0.05) is 24.9 Å². The summed E-state index contributed by atoms with van der Waals surface area (Å²) in [6.45, 7) is 6.99. The Morgan fingerprint density at radius 2 is 2.07 bits per heavy atom. The van der Waals surface area contributed by atoms with E-state index in [1.54, 1.807) is 0 Å². The van der Waals surface area contributed by atoms with Gasteiger partial charge in [0.1, 0.15) is 0 Å². The van der Waals surface area contributed by atoms with Gasteiger partial charge in [-0.15, -0.1) is 12.3 Å². The lowest BCUT2D eigenvalue weighted by molar-refractivity contribution is -0.121. The SMILES string of the molecule is C#CCC(C)NC(=O)CCCNC(C)C. The van der Waals surface area contributed by atoms with E-state index in [1.165, 1.54) is 0 Å². The summed E-state index contributed by atoms with van der Waals surface area (Å²) in [6, 6.07) is 0.564. The number of terminal acetylenes is 1. The molecule has 0 aromatic rings. The van der Waals surface area contributed by atoms with E-state index in [2.05, 4.69) is 30.4 Å². The standard InChI is InChI=1S/C12H22N2O/c1-5-7-11(4)14-12(15)8-6-9-13-10(2)3/h1,10-11,13H,6-9H2,2-4H3,(H,14,15). The van der Waals surface area contributed by atoms with Gasteiger partial charge in [0.05, 0.1) is 0 Å². The van der Waals surface area contributed by atoms with Crippen LogP contribution in [0.1, 0.15) is 40.0 Å². The lowest BCUT2D eigenvalue weighted by Crippen LogP contribution is -2.33. The minimum atomic E-state index is 0.0838. The third-order valence-electron chi connectivity index (χ3n) is 1.96. The van der Waals surface area contributed by atoms with Crippen molar-refractivity contribution in [3.63, 3.8) is 0 Å². The highest BCUT2D eigenvalue weighted by Gasteiger charge is 2.05. The van der Waals surface area contributed by atoms with E-state index in [1.807, 2.05) is 6.92 Å². The fourth-order valence-electron chi connectivity index (χ4n) is 1.21. The Morgan fingerprint density at radius 1 is 1.40 bits per heavy atom. The second-order valence-corrected chi connectivity index (χ2v) is 4.09. The van der Waals surface area contributed by atoms with Crippen LogP contribution in [0.25, 0.3) is 0 Å². The van der Waals surface area contributed by atoms with Gasteiger partial charge in [0.15, 0.2) is 0 Å². The van der Waals surface area contributed by atoms with Gasteiger partial charge in [-0.05, 0) is 19.9 Å². The first-order chi connectivity index (χ1) is 7.06. The van der Waals surface area contributed by atoms with Crippen molar-refractivity contribution in [1.82, 2.24) is 10.6 Å². The van der Waals surface area contributed by atoms with Crippen molar-refractivity contribution in [1.29, 1.82) is 0 Å². The highest BCUT2D eigenvalue weighted by Crippen LogP contribution is 1.93. The van der Waals surface area contributed by atoms with Gasteiger partial charge in [-0.25, -0.2) is 0 Å². The van der Waals surface area contributed by atoms with E-state index >= 15 is 0 Å². The number of nitrogens with one attached hydrogen (secondary N) is 2. The number of carbonyl (C=O) groups excluding carboxylic acids is 1. The molecule has 3 heteroatoms. The topological polar surface area (TPSA) is 41.1 Å². The summed E-state index contributed by atoms with van der Waals surface area (Å²) in [7, 11) is 0. The van der Waals surface area contributed by atoms with Crippen LogP contribution < -0.4 is 10.6 Å². The molecule has 1 amide bonds. The van der Waals surface area contributed by atoms with Gasteiger partial charge in [0.25, 0.3) is 0 Å². The molecule has 0 rings (SSSR count). The van der Waals surface area contributed by atoms with Crippen molar-refractivity contribution in [2.45, 2.75) is 52.1 Å². The van der Waals surface area contributed by atoms with Crippen molar-refractivity contribution in [2.24, 2.45) is 0 Å². The Morgan fingerprint density at radius 3 is 2.60 bits per heavy atom. The zero-order valence-electron chi connectivity index (χ0n) is 9.97. The smallest absolute Gasteiger partial charge is 0.220 e. The van der Waals surface area contributed by atoms with Crippen LogP contribution >= 0.6 is 0 Å². The van der Waals surface area contributed by atoms with E-state index in [-0.39, 0.29) is 11.9 Å². The van der Waals surface area contributed by atoms with Crippen LogP contribution in [0.4, 0.5) is 0 Å². The Balaban J connectivity index is 3.46. The Hall–Kier alpha value is -1.01. The first kappa shape index (κ1) is 14.0. The first-order valence-corrected chi connectivity index (χ1v) is 5.52. The van der Waals surface area contributed by atoms with Crippen LogP contribution in [0, 0.1) is 12.3 Å². The van der Waals surface area contributed by atoms with Gasteiger partial charge in [-0.2, -0.15) is 0 Å². The highest BCUT2D eigenvalue weighted by molar-refractivity contribution is 5.76. The minimum Gasteiger partial charge on any atom is -0.353 e. The molecule has 0 bridgehead atoms. The van der Waals surface area contributed by atoms with E-state index in [0.29, 0.717) is 18.9 Å². The first-order valence-electron chi connectivity index (χ1n) is 5.52. The molecule has 0 aromatic heterocycles. The molecule has 2 N–H and O–H groups in total. The molecule has 0 aromatic carbocycles. The summed E-state index contributed by atoms with van der Waals surface area (Å²) in [4.78, 5) is 11.4. The summed E-state index contributed by atoms with van der Waals surface area (Å²) in [6.07, 6.45) is 7.17. The number of hydrogen-bond donors (Lipinski definition) is 2. The molecule has 0 heterocycles. The van der Waals surface area contributed by atoms with Crippen molar-refractivity contribution in [3.8, 4) is 12.3 Å². The van der Waals surface area contributed by atoms with Crippen LogP contribution in [-0.4, -0.2) is 24.5 Å². The molecular formula is C12H22N2O.